The summed E-state index contributed by atoms with van der Waals surface area (Å²) in [6.07, 6.45) is 7.94. The molecule has 0 aliphatic carbocycles. The SMILES string of the molecule is COc1ccc(N(c2ccccc2)c2ccc(C=Cc3ccc4c(C#N)c(C=Cc5ccc(N(c6ccccc6)c6ccc(OC)cc6)cc5)ccc4c3C#N)cc2)cc1. The van der Waals surface area contributed by atoms with Crippen LogP contribution in [0.1, 0.15) is 33.4 Å². The summed E-state index contributed by atoms with van der Waals surface area (Å²) in [5.41, 5.74) is 10.7. The van der Waals surface area contributed by atoms with Crippen LogP contribution in [0.3, 0.4) is 0 Å². The number of benzene rings is 8. The van der Waals surface area contributed by atoms with E-state index in [9.17, 15) is 10.5 Å². The van der Waals surface area contributed by atoms with Crippen molar-refractivity contribution >= 4 is 69.2 Å². The van der Waals surface area contributed by atoms with Crippen molar-refractivity contribution in [2.75, 3.05) is 24.0 Å². The fourth-order valence-electron chi connectivity index (χ4n) is 7.32. The van der Waals surface area contributed by atoms with Gasteiger partial charge in [-0.3, -0.25) is 0 Å². The molecule has 6 nitrogen and oxygen atoms in total. The highest BCUT2D eigenvalue weighted by atomic mass is 16.5. The van der Waals surface area contributed by atoms with Crippen molar-refractivity contribution in [2.24, 2.45) is 0 Å². The molecule has 0 fully saturated rings. The third-order valence-electron chi connectivity index (χ3n) is 10.4. The summed E-state index contributed by atoms with van der Waals surface area (Å²) < 4.78 is 10.8. The van der Waals surface area contributed by atoms with Crippen LogP contribution in [-0.2, 0) is 0 Å². The Morgan fingerprint density at radius 2 is 0.683 bits per heavy atom. The average Bonchev–Trinajstić information content (AvgIpc) is 3.32. The molecule has 0 aromatic heterocycles. The number of nitriles is 2. The van der Waals surface area contributed by atoms with Gasteiger partial charge in [0.2, 0.25) is 0 Å². The Balaban J connectivity index is 1.03. The van der Waals surface area contributed by atoms with E-state index in [-0.39, 0.29) is 0 Å². The van der Waals surface area contributed by atoms with Gasteiger partial charge in [-0.1, -0.05) is 109 Å². The Hall–Kier alpha value is -8.32. The smallest absolute Gasteiger partial charge is 0.119 e. The van der Waals surface area contributed by atoms with Crippen molar-refractivity contribution in [3.63, 3.8) is 0 Å². The Kier molecular flexibility index (Phi) is 11.5. The lowest BCUT2D eigenvalue weighted by Gasteiger charge is -2.25. The van der Waals surface area contributed by atoms with Gasteiger partial charge >= 0.3 is 0 Å². The zero-order chi connectivity index (χ0) is 41.3. The second kappa shape index (κ2) is 17.9. The highest BCUT2D eigenvalue weighted by Gasteiger charge is 2.15. The van der Waals surface area contributed by atoms with Gasteiger partial charge in [-0.2, -0.15) is 10.5 Å². The average molecular weight is 777 g/mol. The monoisotopic (exact) mass is 776 g/mol. The highest BCUT2D eigenvalue weighted by molar-refractivity contribution is 5.98. The third kappa shape index (κ3) is 8.22. The van der Waals surface area contributed by atoms with Crippen LogP contribution >= 0.6 is 0 Å². The van der Waals surface area contributed by atoms with Crippen LogP contribution in [0.15, 0.2) is 182 Å². The van der Waals surface area contributed by atoms with E-state index in [0.29, 0.717) is 11.1 Å². The van der Waals surface area contributed by atoms with E-state index in [1.807, 2.05) is 133 Å². The summed E-state index contributed by atoms with van der Waals surface area (Å²) in [5, 5.41) is 22.2. The molecule has 8 aromatic carbocycles. The largest absolute Gasteiger partial charge is 0.497 e. The molecule has 0 aliphatic heterocycles. The number of ether oxygens (including phenoxy) is 2. The van der Waals surface area contributed by atoms with Crippen LogP contribution in [0.4, 0.5) is 34.1 Å². The lowest BCUT2D eigenvalue weighted by Crippen LogP contribution is -2.09. The van der Waals surface area contributed by atoms with E-state index in [4.69, 9.17) is 9.47 Å². The van der Waals surface area contributed by atoms with Gasteiger partial charge in [0.05, 0.1) is 25.3 Å². The molecule has 0 radical (unpaired) electrons. The second-order valence-electron chi connectivity index (χ2n) is 14.0. The molecule has 0 bridgehead atoms. The summed E-state index contributed by atoms with van der Waals surface area (Å²) in [5.74, 6) is 1.60. The van der Waals surface area contributed by atoms with Crippen LogP contribution in [0.2, 0.25) is 0 Å². The van der Waals surface area contributed by atoms with E-state index in [0.717, 1.165) is 78.6 Å². The molecule has 0 saturated heterocycles. The normalized spacial score (nSPS) is 11.0. The molecule has 0 atom stereocenters. The maximum atomic E-state index is 10.4. The van der Waals surface area contributed by atoms with Crippen LogP contribution in [-0.4, -0.2) is 14.2 Å². The number of fused-ring (bicyclic) bond motifs is 1. The minimum Gasteiger partial charge on any atom is -0.497 e. The summed E-state index contributed by atoms with van der Waals surface area (Å²) in [4.78, 5) is 4.39. The number of hydrogen-bond donors (Lipinski definition) is 0. The number of hydrogen-bond acceptors (Lipinski definition) is 6. The molecule has 60 heavy (non-hydrogen) atoms. The topological polar surface area (TPSA) is 72.5 Å². The quantitative estimate of drug-likeness (QED) is 0.115. The highest BCUT2D eigenvalue weighted by Crippen LogP contribution is 2.37. The van der Waals surface area contributed by atoms with Crippen molar-refractivity contribution in [3.8, 4) is 23.6 Å². The van der Waals surface area contributed by atoms with Gasteiger partial charge in [0.25, 0.3) is 0 Å². The first kappa shape index (κ1) is 38.5. The molecule has 0 heterocycles. The third-order valence-corrected chi connectivity index (χ3v) is 10.4. The predicted octanol–water partition coefficient (Wildman–Crippen LogP) is 13.9. The maximum Gasteiger partial charge on any atom is 0.119 e. The number of para-hydroxylation sites is 2. The molecular weight excluding hydrogens is 737 g/mol. The Morgan fingerprint density at radius 3 is 1.00 bits per heavy atom. The summed E-state index contributed by atoms with van der Waals surface area (Å²) in [6, 6.07) is 65.7. The Bertz CT molecular complexity index is 2670. The molecule has 0 unspecified atom stereocenters. The Morgan fingerprint density at radius 1 is 0.367 bits per heavy atom. The van der Waals surface area contributed by atoms with Gasteiger partial charge in [-0.25, -0.2) is 0 Å². The van der Waals surface area contributed by atoms with Gasteiger partial charge in [0.15, 0.2) is 0 Å². The van der Waals surface area contributed by atoms with Gasteiger partial charge < -0.3 is 19.3 Å². The van der Waals surface area contributed by atoms with Crippen molar-refractivity contribution in [1.82, 2.24) is 0 Å². The number of nitrogens with zero attached hydrogens (tertiary/aromatic N) is 4. The summed E-state index contributed by atoms with van der Waals surface area (Å²) in [7, 11) is 3.33. The first-order chi connectivity index (χ1) is 29.6. The molecule has 8 rings (SSSR count). The lowest BCUT2D eigenvalue weighted by atomic mass is 9.93. The standard InChI is InChI=1S/C54H40N4O2/c1-59-49-31-27-47(28-32-49)57(43-9-5-3-6-10-43)45-23-15-39(16-24-45)13-19-41-21-35-52-51(53(41)37-55)36-22-42(54(52)38-56)20-14-40-17-25-46(26-18-40)58(44-11-7-4-8-12-44)48-29-33-50(60-2)34-30-48/h3-36H,1-2H3. The molecule has 0 saturated carbocycles. The maximum absolute atomic E-state index is 10.4. The first-order valence-corrected chi connectivity index (χ1v) is 19.5. The zero-order valence-corrected chi connectivity index (χ0v) is 33.2. The van der Waals surface area contributed by atoms with Crippen LogP contribution in [0.5, 0.6) is 11.5 Å². The van der Waals surface area contributed by atoms with Crippen molar-refractivity contribution in [1.29, 1.82) is 10.5 Å². The molecule has 0 N–H and O–H groups in total. The fourth-order valence-corrected chi connectivity index (χ4v) is 7.32. The van der Waals surface area contributed by atoms with Gasteiger partial charge in [-0.15, -0.1) is 0 Å². The van der Waals surface area contributed by atoms with Crippen molar-refractivity contribution in [2.45, 2.75) is 0 Å². The Labute approximate surface area is 351 Å². The molecule has 6 heteroatoms. The van der Waals surface area contributed by atoms with Crippen molar-refractivity contribution in [3.05, 3.63) is 215 Å². The van der Waals surface area contributed by atoms with E-state index in [1.54, 1.807) is 14.2 Å². The summed E-state index contributed by atoms with van der Waals surface area (Å²) >= 11 is 0. The van der Waals surface area contributed by atoms with Gasteiger partial charge in [0.1, 0.15) is 23.6 Å². The first-order valence-electron chi connectivity index (χ1n) is 19.5. The molecule has 8 aromatic rings. The molecular formula is C54H40N4O2. The van der Waals surface area contributed by atoms with Gasteiger partial charge in [-0.05, 0) is 119 Å². The van der Waals surface area contributed by atoms with Gasteiger partial charge in [0, 0.05) is 44.9 Å². The van der Waals surface area contributed by atoms with Crippen LogP contribution < -0.4 is 19.3 Å². The van der Waals surface area contributed by atoms with Crippen LogP contribution in [0, 0.1) is 22.7 Å². The van der Waals surface area contributed by atoms with Crippen LogP contribution in [0.25, 0.3) is 35.1 Å². The van der Waals surface area contributed by atoms with E-state index >= 15 is 0 Å². The molecule has 288 valence electrons. The number of methoxy groups -OCH3 is 2. The lowest BCUT2D eigenvalue weighted by molar-refractivity contribution is 0.414. The minimum absolute atomic E-state index is 0.526. The van der Waals surface area contributed by atoms with E-state index in [2.05, 4.69) is 94.7 Å². The number of anilines is 6. The summed E-state index contributed by atoms with van der Waals surface area (Å²) in [6.45, 7) is 0. The fraction of sp³-hybridized carbons (Fsp3) is 0.0370. The predicted molar refractivity (Wildman–Crippen MR) is 247 cm³/mol. The van der Waals surface area contributed by atoms with E-state index in [1.165, 1.54) is 0 Å². The molecule has 0 spiro atoms. The zero-order valence-electron chi connectivity index (χ0n) is 33.2. The molecule has 0 amide bonds. The van der Waals surface area contributed by atoms with E-state index < -0.39 is 0 Å². The number of rotatable bonds is 12. The van der Waals surface area contributed by atoms with Crippen molar-refractivity contribution < 1.29 is 9.47 Å². The minimum atomic E-state index is 0.526. The second-order valence-corrected chi connectivity index (χ2v) is 14.0. The molecule has 0 aliphatic rings.